The van der Waals surface area contributed by atoms with Gasteiger partial charge in [-0.25, -0.2) is 0 Å². The summed E-state index contributed by atoms with van der Waals surface area (Å²) in [6.45, 7) is -2.01. The molecule has 0 spiro atoms. The van der Waals surface area contributed by atoms with Crippen molar-refractivity contribution in [3.05, 3.63) is 0 Å². The number of aliphatic hydroxyl groups excluding tert-OH is 3. The van der Waals surface area contributed by atoms with E-state index in [9.17, 15) is 0 Å². The number of unbranched alkanes of at least 4 members (excludes halogenated alkanes) is 5. The highest BCUT2D eigenvalue weighted by Gasteiger charge is 2.26. The third kappa shape index (κ3) is 16.5. The van der Waals surface area contributed by atoms with Crippen molar-refractivity contribution in [1.82, 2.24) is 0 Å². The molecule has 0 fully saturated rings. The zero-order valence-electron chi connectivity index (χ0n) is 12.1. The Morgan fingerprint density at radius 1 is 0.800 bits per heavy atom. The normalized spacial score (nSPS) is 11.9. The van der Waals surface area contributed by atoms with Crippen molar-refractivity contribution >= 4 is 18.5 Å². The molecule has 6 nitrogen and oxygen atoms in total. The Bertz CT molecular complexity index is 238. The second-order valence-electron chi connectivity index (χ2n) is 5.01. The van der Waals surface area contributed by atoms with Crippen molar-refractivity contribution in [2.45, 2.75) is 51.9 Å². The van der Waals surface area contributed by atoms with Crippen LogP contribution in [0.5, 0.6) is 0 Å². The van der Waals surface area contributed by atoms with Gasteiger partial charge in [0.25, 0.3) is 0 Å². The van der Waals surface area contributed by atoms with E-state index in [1.54, 1.807) is 0 Å². The summed E-state index contributed by atoms with van der Waals surface area (Å²) >= 11 is 3.60. The van der Waals surface area contributed by atoms with E-state index in [0.717, 1.165) is 12.8 Å². The largest absolute Gasteiger partial charge is 0.396 e. The van der Waals surface area contributed by atoms with Gasteiger partial charge in [-0.3, -0.25) is 0 Å². The average molecular weight is 332 g/mol. The van der Waals surface area contributed by atoms with Gasteiger partial charge in [0.05, 0.1) is 19.8 Å². The third-order valence-corrected chi connectivity index (χ3v) is 3.07. The van der Waals surface area contributed by atoms with E-state index in [2.05, 4.69) is 18.7 Å². The molecule has 0 saturated carbocycles. The molecule has 0 atom stereocenters. The summed E-state index contributed by atoms with van der Waals surface area (Å²) in [5, 5.41) is 27.3. The Hall–Kier alpha value is 0.410. The predicted molar refractivity (Wildman–Crippen MR) is 82.6 cm³/mol. The van der Waals surface area contributed by atoms with Crippen LogP contribution in [0, 0.1) is 5.41 Å². The highest BCUT2D eigenvalue weighted by Crippen LogP contribution is 2.26. The molecule has 0 unspecified atom stereocenters. The Morgan fingerprint density at radius 3 is 1.50 bits per heavy atom. The molecule has 0 radical (unpaired) electrons. The summed E-state index contributed by atoms with van der Waals surface area (Å²) < 4.78 is 0. The number of aliphatic hydroxyl groups is 3. The monoisotopic (exact) mass is 332 g/mol. The molecule has 8 heteroatoms. The van der Waals surface area contributed by atoms with E-state index in [0.29, 0.717) is 6.42 Å². The van der Waals surface area contributed by atoms with Gasteiger partial charge in [-0.1, -0.05) is 45.4 Å². The smallest absolute Gasteiger partial charge is 0.319 e. The van der Waals surface area contributed by atoms with Gasteiger partial charge in [-0.15, -0.1) is 0 Å². The molecular formula is C12H29O6PS. The van der Waals surface area contributed by atoms with Crippen LogP contribution < -0.4 is 0 Å². The van der Waals surface area contributed by atoms with Crippen LogP contribution >= 0.6 is 6.72 Å². The lowest BCUT2D eigenvalue weighted by atomic mass is 9.85. The van der Waals surface area contributed by atoms with Gasteiger partial charge in [-0.2, -0.15) is 0 Å². The Morgan fingerprint density at radius 2 is 1.15 bits per heavy atom. The zero-order valence-corrected chi connectivity index (χ0v) is 13.8. The molecule has 20 heavy (non-hydrogen) atoms. The first kappa shape index (κ1) is 22.7. The van der Waals surface area contributed by atoms with Gasteiger partial charge < -0.3 is 30.0 Å². The standard InChI is InChI=1S/C12H26O3.H3O3PS/c1-2-3-4-5-6-7-8-12(9-13,10-14)11-15;1-4(2,3)5/h13-15H,2-11H2,1H3;(H3,1,2,3,5). The lowest BCUT2D eigenvalue weighted by Crippen LogP contribution is -2.33. The summed E-state index contributed by atoms with van der Waals surface area (Å²) in [4.78, 5) is 22.7. The fourth-order valence-electron chi connectivity index (χ4n) is 1.67. The second kappa shape index (κ2) is 13.1. The topological polar surface area (TPSA) is 121 Å². The minimum atomic E-state index is -3.81. The molecule has 0 aromatic carbocycles. The lowest BCUT2D eigenvalue weighted by molar-refractivity contribution is -0.00229. The van der Waals surface area contributed by atoms with Crippen molar-refractivity contribution in [3.8, 4) is 0 Å². The van der Waals surface area contributed by atoms with Gasteiger partial charge in [0.2, 0.25) is 0 Å². The first-order chi connectivity index (χ1) is 9.24. The minimum absolute atomic E-state index is 0.130. The predicted octanol–water partition coefficient (Wildman–Crippen LogP) is 0.888. The second-order valence-corrected chi connectivity index (χ2v) is 7.50. The highest BCUT2D eigenvalue weighted by atomic mass is 32.5. The molecule has 0 saturated heterocycles. The maximum atomic E-state index is 9.10. The van der Waals surface area contributed by atoms with Gasteiger partial charge >= 0.3 is 6.72 Å². The molecule has 0 amide bonds. The number of hydrogen-bond acceptors (Lipinski definition) is 4. The van der Waals surface area contributed by atoms with Crippen LogP contribution in [0.2, 0.25) is 0 Å². The van der Waals surface area contributed by atoms with E-state index in [1.165, 1.54) is 25.7 Å². The number of hydrogen-bond donors (Lipinski definition) is 6. The first-order valence-corrected chi connectivity index (χ1v) is 9.51. The van der Waals surface area contributed by atoms with Crippen molar-refractivity contribution in [3.63, 3.8) is 0 Å². The van der Waals surface area contributed by atoms with Gasteiger partial charge in [0.1, 0.15) is 0 Å². The molecule has 0 aliphatic rings. The summed E-state index contributed by atoms with van der Waals surface area (Å²) in [7, 11) is 0. The zero-order chi connectivity index (χ0) is 16.1. The SMILES string of the molecule is CCCCCCCCC(CO)(CO)CO.OP(O)(O)=S. The van der Waals surface area contributed by atoms with Crippen LogP contribution in [0.4, 0.5) is 0 Å². The van der Waals surface area contributed by atoms with Gasteiger partial charge in [-0.05, 0) is 18.2 Å². The van der Waals surface area contributed by atoms with Crippen molar-refractivity contribution in [2.75, 3.05) is 19.8 Å². The molecule has 124 valence electrons. The first-order valence-electron chi connectivity index (χ1n) is 6.85. The molecular weight excluding hydrogens is 303 g/mol. The van der Waals surface area contributed by atoms with Crippen molar-refractivity contribution in [2.24, 2.45) is 5.41 Å². The molecule has 0 aliphatic carbocycles. The van der Waals surface area contributed by atoms with Crippen LogP contribution in [0.3, 0.4) is 0 Å². The fraction of sp³-hybridized carbons (Fsp3) is 1.00. The highest BCUT2D eigenvalue weighted by molar-refractivity contribution is 8.06. The van der Waals surface area contributed by atoms with E-state index in [1.807, 2.05) is 0 Å². The molecule has 0 rings (SSSR count). The summed E-state index contributed by atoms with van der Waals surface area (Å²) in [6.07, 6.45) is 7.82. The summed E-state index contributed by atoms with van der Waals surface area (Å²) in [5.74, 6) is 0. The lowest BCUT2D eigenvalue weighted by Gasteiger charge is -2.27. The quantitative estimate of drug-likeness (QED) is 0.259. The minimum Gasteiger partial charge on any atom is -0.396 e. The third-order valence-electron chi connectivity index (χ3n) is 3.07. The van der Waals surface area contributed by atoms with Gasteiger partial charge in [0.15, 0.2) is 0 Å². The number of rotatable bonds is 10. The fourth-order valence-corrected chi connectivity index (χ4v) is 1.67. The Balaban J connectivity index is 0. The van der Waals surface area contributed by atoms with Crippen LogP contribution in [0.15, 0.2) is 0 Å². The Kier molecular flexibility index (Phi) is 14.9. The van der Waals surface area contributed by atoms with Crippen LogP contribution in [-0.2, 0) is 11.8 Å². The Labute approximate surface area is 126 Å². The van der Waals surface area contributed by atoms with Crippen LogP contribution in [0.1, 0.15) is 51.9 Å². The van der Waals surface area contributed by atoms with E-state index in [-0.39, 0.29) is 19.8 Å². The van der Waals surface area contributed by atoms with E-state index >= 15 is 0 Å². The molecule has 0 heterocycles. The molecule has 0 bridgehead atoms. The molecule has 0 aromatic rings. The average Bonchev–Trinajstić information content (AvgIpc) is 2.37. The summed E-state index contributed by atoms with van der Waals surface area (Å²) in [6, 6.07) is 0. The molecule has 0 aromatic heterocycles. The van der Waals surface area contributed by atoms with Crippen molar-refractivity contribution in [1.29, 1.82) is 0 Å². The van der Waals surface area contributed by atoms with E-state index < -0.39 is 12.1 Å². The van der Waals surface area contributed by atoms with Gasteiger partial charge in [0, 0.05) is 5.41 Å². The van der Waals surface area contributed by atoms with Crippen molar-refractivity contribution < 1.29 is 30.0 Å². The summed E-state index contributed by atoms with van der Waals surface area (Å²) in [5.41, 5.74) is -0.662. The van der Waals surface area contributed by atoms with Crippen LogP contribution in [0.25, 0.3) is 0 Å². The maximum Gasteiger partial charge on any atom is 0.319 e. The van der Waals surface area contributed by atoms with Crippen LogP contribution in [-0.4, -0.2) is 49.8 Å². The van der Waals surface area contributed by atoms with E-state index in [4.69, 9.17) is 30.0 Å². The molecule has 6 N–H and O–H groups in total. The molecule has 0 aliphatic heterocycles. The maximum absolute atomic E-state index is 9.10.